The average molecular weight is 461 g/mol. The van der Waals surface area contributed by atoms with Crippen LogP contribution in [0.25, 0.3) is 6.08 Å². The van der Waals surface area contributed by atoms with E-state index in [0.29, 0.717) is 55.2 Å². The van der Waals surface area contributed by atoms with Gasteiger partial charge in [0.25, 0.3) is 11.8 Å². The molecule has 33 heavy (non-hydrogen) atoms. The van der Waals surface area contributed by atoms with Gasteiger partial charge in [0.15, 0.2) is 11.5 Å². The van der Waals surface area contributed by atoms with Crippen molar-refractivity contribution >= 4 is 23.8 Å². The van der Waals surface area contributed by atoms with Crippen molar-refractivity contribution < 1.29 is 33.8 Å². The molecule has 0 aliphatic carbocycles. The van der Waals surface area contributed by atoms with E-state index in [1.165, 1.54) is 31.3 Å². The lowest BCUT2D eigenvalue weighted by Crippen LogP contribution is -2.37. The maximum Gasteiger partial charge on any atom is 0.253 e. The van der Waals surface area contributed by atoms with Crippen LogP contribution in [0.3, 0.4) is 0 Å². The fourth-order valence-corrected chi connectivity index (χ4v) is 3.35. The molecule has 2 rings (SSSR count). The van der Waals surface area contributed by atoms with Crippen LogP contribution in [0.5, 0.6) is 17.2 Å². The van der Waals surface area contributed by atoms with Gasteiger partial charge in [-0.05, 0) is 50.0 Å². The Morgan fingerprint density at radius 2 is 1.79 bits per heavy atom. The number of hydrogen-bond acceptors (Lipinski definition) is 7. The predicted molar refractivity (Wildman–Crippen MR) is 122 cm³/mol. The largest absolute Gasteiger partial charge is 0.493 e. The molecular formula is C24H32N2O7. The maximum atomic E-state index is 12.4. The van der Waals surface area contributed by atoms with Crippen molar-refractivity contribution in [3.05, 3.63) is 35.4 Å². The predicted octanol–water partition coefficient (Wildman–Crippen LogP) is 3.26. The molecule has 9 heteroatoms. The first-order chi connectivity index (χ1) is 15.9. The van der Waals surface area contributed by atoms with Crippen LogP contribution in [0.15, 0.2) is 29.9 Å². The van der Waals surface area contributed by atoms with Crippen molar-refractivity contribution in [1.82, 2.24) is 10.4 Å². The van der Waals surface area contributed by atoms with Crippen LogP contribution in [0.1, 0.15) is 51.0 Å². The second-order valence-electron chi connectivity index (χ2n) is 7.70. The number of ether oxygens (including phenoxy) is 3. The number of nitrogens with one attached hydrogen (secondary N) is 1. The van der Waals surface area contributed by atoms with Crippen molar-refractivity contribution in [2.45, 2.75) is 45.4 Å². The third-order valence-corrected chi connectivity index (χ3v) is 5.20. The molecule has 180 valence electrons. The standard InChI is InChI=1S/C24H32N2O7/c1-17-11-12-26(23(29)14-17)22(28)10-9-18-15-19(31-2)24(20(16-18)32-3)33-13-7-5-4-6-8-21(27)25-30/h9-10,14-16,30H,4-8,11-13H2,1-3H3,(H,25,27)/b10-9+. The van der Waals surface area contributed by atoms with Gasteiger partial charge in [-0.2, -0.15) is 0 Å². The highest BCUT2D eigenvalue weighted by Crippen LogP contribution is 2.39. The van der Waals surface area contributed by atoms with Crippen LogP contribution < -0.4 is 19.7 Å². The van der Waals surface area contributed by atoms with E-state index in [1.54, 1.807) is 23.7 Å². The highest BCUT2D eigenvalue weighted by molar-refractivity contribution is 6.07. The van der Waals surface area contributed by atoms with Gasteiger partial charge in [-0.3, -0.25) is 24.5 Å². The summed E-state index contributed by atoms with van der Waals surface area (Å²) in [5.74, 6) is 0.339. The second kappa shape index (κ2) is 13.3. The Balaban J connectivity index is 1.97. The van der Waals surface area contributed by atoms with Crippen LogP contribution in [-0.2, 0) is 14.4 Å². The zero-order valence-electron chi connectivity index (χ0n) is 19.4. The summed E-state index contributed by atoms with van der Waals surface area (Å²) in [5, 5.41) is 8.48. The summed E-state index contributed by atoms with van der Waals surface area (Å²) in [6.07, 6.45) is 8.61. The molecule has 1 aromatic carbocycles. The van der Waals surface area contributed by atoms with E-state index in [1.807, 2.05) is 6.92 Å². The highest BCUT2D eigenvalue weighted by atomic mass is 16.5. The van der Waals surface area contributed by atoms with Crippen molar-refractivity contribution in [2.75, 3.05) is 27.4 Å². The Morgan fingerprint density at radius 3 is 2.39 bits per heavy atom. The van der Waals surface area contributed by atoms with Gasteiger partial charge in [-0.25, -0.2) is 5.48 Å². The van der Waals surface area contributed by atoms with Crippen LogP contribution in [0.2, 0.25) is 0 Å². The Kier molecular flexibility index (Phi) is 10.4. The van der Waals surface area contributed by atoms with Crippen LogP contribution >= 0.6 is 0 Å². The number of benzene rings is 1. The Bertz CT molecular complexity index is 883. The van der Waals surface area contributed by atoms with Gasteiger partial charge in [-0.1, -0.05) is 18.4 Å². The van der Waals surface area contributed by atoms with Crippen LogP contribution in [0.4, 0.5) is 0 Å². The summed E-state index contributed by atoms with van der Waals surface area (Å²) in [6.45, 7) is 2.69. The molecule has 0 saturated heterocycles. The van der Waals surface area contributed by atoms with E-state index < -0.39 is 0 Å². The number of imide groups is 1. The molecule has 9 nitrogen and oxygen atoms in total. The van der Waals surface area contributed by atoms with E-state index in [0.717, 1.165) is 24.8 Å². The first-order valence-corrected chi connectivity index (χ1v) is 10.9. The molecule has 1 heterocycles. The molecule has 0 radical (unpaired) electrons. The molecule has 0 spiro atoms. The first kappa shape index (κ1) is 25.9. The fraction of sp³-hybridized carbons (Fsp3) is 0.458. The number of methoxy groups -OCH3 is 2. The molecule has 0 unspecified atom stereocenters. The lowest BCUT2D eigenvalue weighted by Gasteiger charge is -2.22. The summed E-state index contributed by atoms with van der Waals surface area (Å²) in [7, 11) is 3.04. The SMILES string of the molecule is COc1cc(/C=C/C(=O)N2CCC(C)=CC2=O)cc(OC)c1OCCCCCCC(=O)NO. The molecule has 1 aromatic rings. The number of unbranched alkanes of at least 4 members (excludes halogenated alkanes) is 3. The second-order valence-corrected chi connectivity index (χ2v) is 7.70. The Hall–Kier alpha value is -3.33. The van der Waals surface area contributed by atoms with Crippen LogP contribution in [-0.4, -0.2) is 55.2 Å². The van der Waals surface area contributed by atoms with Gasteiger partial charge in [0.1, 0.15) is 0 Å². The molecule has 0 bridgehead atoms. The highest BCUT2D eigenvalue weighted by Gasteiger charge is 2.21. The molecule has 1 aliphatic rings. The summed E-state index contributed by atoms with van der Waals surface area (Å²) in [6, 6.07) is 3.47. The number of carbonyl (C=O) groups excluding carboxylic acids is 3. The first-order valence-electron chi connectivity index (χ1n) is 10.9. The number of hydrogen-bond donors (Lipinski definition) is 2. The fourth-order valence-electron chi connectivity index (χ4n) is 3.35. The van der Waals surface area contributed by atoms with E-state index in [9.17, 15) is 14.4 Å². The normalized spacial score (nSPS) is 13.6. The number of nitrogens with zero attached hydrogens (tertiary/aromatic N) is 1. The zero-order valence-corrected chi connectivity index (χ0v) is 19.4. The van der Waals surface area contributed by atoms with Crippen LogP contribution in [0, 0.1) is 0 Å². The molecule has 0 atom stereocenters. The van der Waals surface area contributed by atoms with Gasteiger partial charge in [0, 0.05) is 25.1 Å². The number of amides is 3. The Labute approximate surface area is 193 Å². The van der Waals surface area contributed by atoms with Gasteiger partial charge in [0.05, 0.1) is 20.8 Å². The third-order valence-electron chi connectivity index (χ3n) is 5.20. The molecule has 0 aromatic heterocycles. The molecule has 0 saturated carbocycles. The van der Waals surface area contributed by atoms with E-state index in [-0.39, 0.29) is 17.7 Å². The summed E-state index contributed by atoms with van der Waals surface area (Å²) >= 11 is 0. The number of rotatable bonds is 12. The van der Waals surface area contributed by atoms with Gasteiger partial charge < -0.3 is 14.2 Å². The van der Waals surface area contributed by atoms with Crippen molar-refractivity contribution in [3.8, 4) is 17.2 Å². The van der Waals surface area contributed by atoms with Gasteiger partial charge >= 0.3 is 0 Å². The summed E-state index contributed by atoms with van der Waals surface area (Å²) in [4.78, 5) is 36.7. The quantitative estimate of drug-likeness (QED) is 0.213. The smallest absolute Gasteiger partial charge is 0.253 e. The average Bonchev–Trinajstić information content (AvgIpc) is 2.81. The lowest BCUT2D eigenvalue weighted by molar-refractivity contribution is -0.139. The van der Waals surface area contributed by atoms with Crippen molar-refractivity contribution in [3.63, 3.8) is 0 Å². The monoisotopic (exact) mass is 460 g/mol. The molecular weight excluding hydrogens is 428 g/mol. The minimum Gasteiger partial charge on any atom is -0.493 e. The Morgan fingerprint density at radius 1 is 1.12 bits per heavy atom. The summed E-state index contributed by atoms with van der Waals surface area (Å²) in [5.41, 5.74) is 3.25. The molecule has 0 fully saturated rings. The topological polar surface area (TPSA) is 114 Å². The molecule has 3 amide bonds. The maximum absolute atomic E-state index is 12.4. The third kappa shape index (κ3) is 7.94. The van der Waals surface area contributed by atoms with Gasteiger partial charge in [0.2, 0.25) is 11.7 Å². The zero-order chi connectivity index (χ0) is 24.2. The minimum absolute atomic E-state index is 0.290. The number of carbonyl (C=O) groups is 3. The summed E-state index contributed by atoms with van der Waals surface area (Å²) < 4.78 is 16.8. The van der Waals surface area contributed by atoms with E-state index in [4.69, 9.17) is 19.4 Å². The van der Waals surface area contributed by atoms with Crippen molar-refractivity contribution in [2.24, 2.45) is 0 Å². The molecule has 2 N–H and O–H groups in total. The number of hydroxylamine groups is 1. The van der Waals surface area contributed by atoms with E-state index >= 15 is 0 Å². The van der Waals surface area contributed by atoms with E-state index in [2.05, 4.69) is 0 Å². The van der Waals surface area contributed by atoms with Gasteiger partial charge in [-0.15, -0.1) is 0 Å². The minimum atomic E-state index is -0.383. The van der Waals surface area contributed by atoms with Crippen molar-refractivity contribution in [1.29, 1.82) is 0 Å². The lowest BCUT2D eigenvalue weighted by atomic mass is 10.1. The molecule has 1 aliphatic heterocycles.